The lowest BCUT2D eigenvalue weighted by Crippen LogP contribution is -2.31. The lowest BCUT2D eigenvalue weighted by atomic mass is 9.81. The van der Waals surface area contributed by atoms with Crippen molar-refractivity contribution in [1.29, 1.82) is 0 Å². The standard InChI is InChI=1S/C12H18O4/c13-10(14)7-12(11(15)16)5-8-3-1-2-4-9(8)6-12/h8-9H,1-7H2,(H,13,14)(H,15,16). The molecule has 0 aromatic heterocycles. The van der Waals surface area contributed by atoms with Crippen molar-refractivity contribution in [3.05, 3.63) is 0 Å². The Morgan fingerprint density at radius 2 is 1.56 bits per heavy atom. The van der Waals surface area contributed by atoms with Crippen LogP contribution in [-0.4, -0.2) is 22.2 Å². The minimum absolute atomic E-state index is 0.213. The van der Waals surface area contributed by atoms with Crippen molar-refractivity contribution in [1.82, 2.24) is 0 Å². The average molecular weight is 226 g/mol. The summed E-state index contributed by atoms with van der Waals surface area (Å²) >= 11 is 0. The highest BCUT2D eigenvalue weighted by atomic mass is 16.4. The van der Waals surface area contributed by atoms with Gasteiger partial charge in [0.15, 0.2) is 0 Å². The highest BCUT2D eigenvalue weighted by Crippen LogP contribution is 2.53. The van der Waals surface area contributed by atoms with Crippen LogP contribution in [-0.2, 0) is 9.59 Å². The lowest BCUT2D eigenvalue weighted by Gasteiger charge is -2.24. The summed E-state index contributed by atoms with van der Waals surface area (Å²) in [5.41, 5.74) is -0.981. The van der Waals surface area contributed by atoms with Crippen LogP contribution in [0, 0.1) is 17.3 Å². The van der Waals surface area contributed by atoms with E-state index in [0.717, 1.165) is 12.8 Å². The fourth-order valence-electron chi connectivity index (χ4n) is 3.59. The van der Waals surface area contributed by atoms with Crippen LogP contribution >= 0.6 is 0 Å². The third-order valence-electron chi connectivity index (χ3n) is 4.32. The van der Waals surface area contributed by atoms with E-state index in [-0.39, 0.29) is 6.42 Å². The fourth-order valence-corrected chi connectivity index (χ4v) is 3.59. The maximum absolute atomic E-state index is 11.3. The van der Waals surface area contributed by atoms with Crippen LogP contribution in [0.15, 0.2) is 0 Å². The van der Waals surface area contributed by atoms with Crippen molar-refractivity contribution in [2.24, 2.45) is 17.3 Å². The first-order chi connectivity index (χ1) is 7.53. The lowest BCUT2D eigenvalue weighted by molar-refractivity contribution is -0.155. The summed E-state index contributed by atoms with van der Waals surface area (Å²) in [6.45, 7) is 0. The third-order valence-corrected chi connectivity index (χ3v) is 4.32. The van der Waals surface area contributed by atoms with Crippen molar-refractivity contribution in [2.45, 2.75) is 44.9 Å². The Labute approximate surface area is 94.7 Å². The first-order valence-corrected chi connectivity index (χ1v) is 5.99. The Bertz CT molecular complexity index is 296. The quantitative estimate of drug-likeness (QED) is 0.773. The molecule has 0 radical (unpaired) electrons. The summed E-state index contributed by atoms with van der Waals surface area (Å²) in [5, 5.41) is 18.2. The Morgan fingerprint density at radius 3 is 1.94 bits per heavy atom. The number of hydrogen-bond acceptors (Lipinski definition) is 2. The number of fused-ring (bicyclic) bond motifs is 1. The molecule has 2 aliphatic carbocycles. The molecule has 2 unspecified atom stereocenters. The molecule has 4 nitrogen and oxygen atoms in total. The molecule has 0 aliphatic heterocycles. The summed E-state index contributed by atoms with van der Waals surface area (Å²) in [7, 11) is 0. The second-order valence-electron chi connectivity index (χ2n) is 5.37. The molecule has 0 amide bonds. The highest BCUT2D eigenvalue weighted by Gasteiger charge is 2.51. The number of carboxylic acids is 2. The monoisotopic (exact) mass is 226 g/mol. The highest BCUT2D eigenvalue weighted by molar-refractivity contribution is 5.81. The molecule has 16 heavy (non-hydrogen) atoms. The van der Waals surface area contributed by atoms with E-state index < -0.39 is 17.4 Å². The Hall–Kier alpha value is -1.06. The summed E-state index contributed by atoms with van der Waals surface area (Å²) in [6, 6.07) is 0. The molecule has 2 aliphatic rings. The van der Waals surface area contributed by atoms with E-state index in [0.29, 0.717) is 24.7 Å². The number of hydrogen-bond donors (Lipinski definition) is 2. The molecule has 0 bridgehead atoms. The van der Waals surface area contributed by atoms with E-state index in [1.807, 2.05) is 0 Å². The number of carboxylic acid groups (broad SMARTS) is 2. The van der Waals surface area contributed by atoms with Crippen LogP contribution < -0.4 is 0 Å². The average Bonchev–Trinajstić information content (AvgIpc) is 2.55. The number of carbonyl (C=O) groups is 2. The van der Waals surface area contributed by atoms with E-state index >= 15 is 0 Å². The van der Waals surface area contributed by atoms with Crippen LogP contribution in [0.25, 0.3) is 0 Å². The summed E-state index contributed by atoms with van der Waals surface area (Å²) in [4.78, 5) is 22.1. The van der Waals surface area contributed by atoms with Gasteiger partial charge in [0.05, 0.1) is 11.8 Å². The van der Waals surface area contributed by atoms with Gasteiger partial charge in [0, 0.05) is 0 Å². The maximum atomic E-state index is 11.3. The first-order valence-electron chi connectivity index (χ1n) is 5.99. The molecule has 4 heteroatoms. The minimum atomic E-state index is -0.985. The smallest absolute Gasteiger partial charge is 0.310 e. The SMILES string of the molecule is O=C(O)CC1(C(=O)O)CC2CCCCC2C1. The molecule has 2 N–H and O–H groups in total. The molecular weight excluding hydrogens is 208 g/mol. The van der Waals surface area contributed by atoms with Crippen molar-refractivity contribution in [3.8, 4) is 0 Å². The zero-order valence-electron chi connectivity index (χ0n) is 9.32. The molecule has 0 aromatic rings. The topological polar surface area (TPSA) is 74.6 Å². The normalized spacial score (nSPS) is 38.0. The second kappa shape index (κ2) is 4.07. The van der Waals surface area contributed by atoms with Crippen LogP contribution in [0.3, 0.4) is 0 Å². The van der Waals surface area contributed by atoms with Crippen molar-refractivity contribution < 1.29 is 19.8 Å². The van der Waals surface area contributed by atoms with Crippen molar-refractivity contribution in [3.63, 3.8) is 0 Å². The van der Waals surface area contributed by atoms with Gasteiger partial charge < -0.3 is 10.2 Å². The molecule has 2 saturated carbocycles. The van der Waals surface area contributed by atoms with Gasteiger partial charge in [-0.15, -0.1) is 0 Å². The van der Waals surface area contributed by atoms with E-state index in [1.165, 1.54) is 12.8 Å². The van der Waals surface area contributed by atoms with E-state index in [1.54, 1.807) is 0 Å². The van der Waals surface area contributed by atoms with Gasteiger partial charge in [-0.25, -0.2) is 0 Å². The molecule has 2 rings (SSSR count). The Kier molecular flexibility index (Phi) is 2.91. The second-order valence-corrected chi connectivity index (χ2v) is 5.37. The Morgan fingerprint density at radius 1 is 1.06 bits per heavy atom. The molecule has 0 saturated heterocycles. The van der Waals surface area contributed by atoms with Gasteiger partial charge in [-0.1, -0.05) is 25.7 Å². The molecule has 0 aromatic carbocycles. The molecule has 0 spiro atoms. The van der Waals surface area contributed by atoms with Gasteiger partial charge in [-0.05, 0) is 24.7 Å². The van der Waals surface area contributed by atoms with Crippen LogP contribution in [0.5, 0.6) is 0 Å². The van der Waals surface area contributed by atoms with Crippen molar-refractivity contribution >= 4 is 11.9 Å². The van der Waals surface area contributed by atoms with E-state index in [9.17, 15) is 14.7 Å². The Balaban J connectivity index is 2.16. The van der Waals surface area contributed by atoms with Crippen molar-refractivity contribution in [2.75, 3.05) is 0 Å². The third kappa shape index (κ3) is 1.93. The molecule has 90 valence electrons. The minimum Gasteiger partial charge on any atom is -0.481 e. The zero-order chi connectivity index (χ0) is 11.8. The maximum Gasteiger partial charge on any atom is 0.310 e. The number of aliphatic carboxylic acids is 2. The summed E-state index contributed by atoms with van der Waals surface area (Å²) < 4.78 is 0. The zero-order valence-corrected chi connectivity index (χ0v) is 9.32. The summed E-state index contributed by atoms with van der Waals surface area (Å²) in [5.74, 6) is -1.00. The molecule has 2 fully saturated rings. The van der Waals surface area contributed by atoms with Gasteiger partial charge in [0.25, 0.3) is 0 Å². The van der Waals surface area contributed by atoms with Crippen LogP contribution in [0.2, 0.25) is 0 Å². The van der Waals surface area contributed by atoms with Gasteiger partial charge in [0.2, 0.25) is 0 Å². The van der Waals surface area contributed by atoms with Gasteiger partial charge >= 0.3 is 11.9 Å². The predicted octanol–water partition coefficient (Wildman–Crippen LogP) is 2.13. The van der Waals surface area contributed by atoms with E-state index in [4.69, 9.17) is 5.11 Å². The molecule has 2 atom stereocenters. The van der Waals surface area contributed by atoms with Gasteiger partial charge in [0.1, 0.15) is 0 Å². The van der Waals surface area contributed by atoms with E-state index in [2.05, 4.69) is 0 Å². The van der Waals surface area contributed by atoms with Crippen LogP contribution in [0.1, 0.15) is 44.9 Å². The van der Waals surface area contributed by atoms with Gasteiger partial charge in [-0.3, -0.25) is 9.59 Å². The molecular formula is C12H18O4. The predicted molar refractivity (Wildman–Crippen MR) is 57.0 cm³/mol. The van der Waals surface area contributed by atoms with Crippen LogP contribution in [0.4, 0.5) is 0 Å². The first kappa shape index (κ1) is 11.4. The largest absolute Gasteiger partial charge is 0.481 e. The number of rotatable bonds is 3. The fraction of sp³-hybridized carbons (Fsp3) is 0.833. The summed E-state index contributed by atoms with van der Waals surface area (Å²) in [6.07, 6.45) is 5.43. The molecule has 0 heterocycles. The van der Waals surface area contributed by atoms with Gasteiger partial charge in [-0.2, -0.15) is 0 Å².